The lowest BCUT2D eigenvalue weighted by molar-refractivity contribution is -0.161. The first-order chi connectivity index (χ1) is 20.6. The quantitative estimate of drug-likeness (QED) is 0.0536. The molecule has 0 aliphatic carbocycles. The zero-order valence-electron chi connectivity index (χ0n) is 27.0. The Morgan fingerprint density at radius 3 is 1.57 bits per heavy atom. The zero-order chi connectivity index (χ0) is 30.8. The van der Waals surface area contributed by atoms with Gasteiger partial charge >= 0.3 is 11.9 Å². The predicted octanol–water partition coefficient (Wildman–Crippen LogP) is 10.1. The van der Waals surface area contributed by atoms with Crippen LogP contribution in [0, 0.1) is 0 Å². The molecule has 0 aromatic carbocycles. The molecule has 42 heavy (non-hydrogen) atoms. The summed E-state index contributed by atoms with van der Waals surface area (Å²) < 4.78 is 10.5. The van der Waals surface area contributed by atoms with Crippen molar-refractivity contribution < 1.29 is 24.2 Å². The maximum absolute atomic E-state index is 12.1. The summed E-state index contributed by atoms with van der Waals surface area (Å²) in [6.45, 7) is 3.93. The van der Waals surface area contributed by atoms with Crippen LogP contribution in [0.25, 0.3) is 0 Å². The Morgan fingerprint density at radius 1 is 0.571 bits per heavy atom. The van der Waals surface area contributed by atoms with Crippen LogP contribution in [0.2, 0.25) is 0 Å². The van der Waals surface area contributed by atoms with Gasteiger partial charge in [-0.2, -0.15) is 0 Å². The van der Waals surface area contributed by atoms with E-state index in [1.807, 2.05) is 0 Å². The van der Waals surface area contributed by atoms with Crippen molar-refractivity contribution >= 4 is 11.9 Å². The minimum Gasteiger partial charge on any atom is -0.462 e. The maximum atomic E-state index is 12.1. The minimum atomic E-state index is -0.785. The molecular formula is C37H62O5. The van der Waals surface area contributed by atoms with Crippen molar-refractivity contribution in [3.8, 4) is 0 Å². The van der Waals surface area contributed by atoms with Crippen LogP contribution in [0.1, 0.15) is 142 Å². The topological polar surface area (TPSA) is 72.8 Å². The SMILES string of the molecule is CCC=CCC=CCC=CCC=CCCCCCCC(=O)OCC(CO)OC(=O)CCCCCCCC=CCCCC. The number of unbranched alkanes of at least 4 members (excludes halogenated alkanes) is 11. The van der Waals surface area contributed by atoms with E-state index in [0.29, 0.717) is 12.8 Å². The second-order valence-corrected chi connectivity index (χ2v) is 10.9. The molecule has 0 amide bonds. The van der Waals surface area contributed by atoms with E-state index in [0.717, 1.165) is 83.5 Å². The van der Waals surface area contributed by atoms with Gasteiger partial charge in [0.1, 0.15) is 6.61 Å². The van der Waals surface area contributed by atoms with Crippen molar-refractivity contribution in [2.75, 3.05) is 13.2 Å². The number of rotatable bonds is 29. The van der Waals surface area contributed by atoms with Gasteiger partial charge in [0.15, 0.2) is 6.10 Å². The predicted molar refractivity (Wildman–Crippen MR) is 177 cm³/mol. The minimum absolute atomic E-state index is 0.0846. The van der Waals surface area contributed by atoms with Gasteiger partial charge in [-0.1, -0.05) is 120 Å². The molecule has 0 aliphatic heterocycles. The lowest BCUT2D eigenvalue weighted by Crippen LogP contribution is -2.28. The van der Waals surface area contributed by atoms with Crippen LogP contribution in [-0.4, -0.2) is 36.4 Å². The highest BCUT2D eigenvalue weighted by Gasteiger charge is 2.16. The number of ether oxygens (including phenoxy) is 2. The first-order valence-electron chi connectivity index (χ1n) is 16.8. The van der Waals surface area contributed by atoms with E-state index < -0.39 is 6.10 Å². The first kappa shape index (κ1) is 39.6. The third-order valence-electron chi connectivity index (χ3n) is 6.80. The molecule has 240 valence electrons. The molecule has 1 atom stereocenters. The van der Waals surface area contributed by atoms with Crippen molar-refractivity contribution in [3.63, 3.8) is 0 Å². The maximum Gasteiger partial charge on any atom is 0.306 e. The van der Waals surface area contributed by atoms with E-state index in [9.17, 15) is 14.7 Å². The fourth-order valence-corrected chi connectivity index (χ4v) is 4.23. The van der Waals surface area contributed by atoms with Crippen LogP contribution in [0.15, 0.2) is 60.8 Å². The molecule has 0 radical (unpaired) electrons. The van der Waals surface area contributed by atoms with Gasteiger partial charge in [-0.15, -0.1) is 0 Å². The fraction of sp³-hybridized carbons (Fsp3) is 0.676. The van der Waals surface area contributed by atoms with Crippen molar-refractivity contribution in [3.05, 3.63) is 60.8 Å². The highest BCUT2D eigenvalue weighted by Crippen LogP contribution is 2.11. The molecule has 5 nitrogen and oxygen atoms in total. The monoisotopic (exact) mass is 586 g/mol. The number of esters is 2. The number of hydrogen-bond donors (Lipinski definition) is 1. The number of carbonyl (C=O) groups is 2. The number of hydrogen-bond acceptors (Lipinski definition) is 5. The summed E-state index contributed by atoms with van der Waals surface area (Å²) in [6, 6.07) is 0. The first-order valence-corrected chi connectivity index (χ1v) is 16.8. The molecule has 0 saturated heterocycles. The molecule has 0 aromatic heterocycles. The second-order valence-electron chi connectivity index (χ2n) is 10.9. The van der Waals surface area contributed by atoms with Gasteiger partial charge in [0.2, 0.25) is 0 Å². The normalized spacial score (nSPS) is 12.9. The van der Waals surface area contributed by atoms with Gasteiger partial charge in [-0.25, -0.2) is 0 Å². The molecule has 1 unspecified atom stereocenters. The molecule has 1 N–H and O–H groups in total. The summed E-state index contributed by atoms with van der Waals surface area (Å²) in [5.41, 5.74) is 0. The Labute approximate surface area is 258 Å². The van der Waals surface area contributed by atoms with Crippen LogP contribution in [0.3, 0.4) is 0 Å². The van der Waals surface area contributed by atoms with E-state index in [4.69, 9.17) is 9.47 Å². The van der Waals surface area contributed by atoms with Crippen LogP contribution in [0.5, 0.6) is 0 Å². The van der Waals surface area contributed by atoms with Gasteiger partial charge in [-0.05, 0) is 70.6 Å². The summed E-state index contributed by atoms with van der Waals surface area (Å²) in [7, 11) is 0. The van der Waals surface area contributed by atoms with E-state index in [1.165, 1.54) is 32.1 Å². The van der Waals surface area contributed by atoms with E-state index in [1.54, 1.807) is 0 Å². The van der Waals surface area contributed by atoms with Gasteiger partial charge < -0.3 is 14.6 Å². The Kier molecular flexibility index (Phi) is 31.2. The Hall–Kier alpha value is -2.40. The van der Waals surface area contributed by atoms with Crippen molar-refractivity contribution in [2.45, 2.75) is 148 Å². The standard InChI is InChI=1S/C37H62O5/c1-3-5-7-9-11-13-15-16-17-18-19-20-22-23-25-27-29-31-36(39)41-34-35(33-38)42-37(40)32-30-28-26-24-21-14-12-10-8-6-4-2/h5,7,10-13,16-17,19-20,35,38H,3-4,6,8-9,14-15,18,21-34H2,1-2H3. The smallest absolute Gasteiger partial charge is 0.306 e. The number of allylic oxidation sites excluding steroid dienone is 10. The Morgan fingerprint density at radius 2 is 1.02 bits per heavy atom. The highest BCUT2D eigenvalue weighted by molar-refractivity contribution is 5.70. The van der Waals surface area contributed by atoms with Crippen molar-refractivity contribution in [1.29, 1.82) is 0 Å². The van der Waals surface area contributed by atoms with Crippen molar-refractivity contribution in [2.24, 2.45) is 0 Å². The number of aliphatic hydroxyl groups excluding tert-OH is 1. The number of aliphatic hydroxyl groups is 1. The lowest BCUT2D eigenvalue weighted by atomic mass is 10.1. The van der Waals surface area contributed by atoms with Gasteiger partial charge in [0, 0.05) is 12.8 Å². The number of carbonyl (C=O) groups excluding carboxylic acids is 2. The van der Waals surface area contributed by atoms with Crippen LogP contribution < -0.4 is 0 Å². The molecule has 0 bridgehead atoms. The van der Waals surface area contributed by atoms with Gasteiger partial charge in [-0.3, -0.25) is 9.59 Å². The van der Waals surface area contributed by atoms with Crippen LogP contribution in [-0.2, 0) is 19.1 Å². The largest absolute Gasteiger partial charge is 0.462 e. The summed E-state index contributed by atoms with van der Waals surface area (Å²) >= 11 is 0. The molecule has 0 fully saturated rings. The Bertz CT molecular complexity index is 762. The lowest BCUT2D eigenvalue weighted by Gasteiger charge is -2.15. The second kappa shape index (κ2) is 33.1. The summed E-state index contributed by atoms with van der Waals surface area (Å²) in [4.78, 5) is 24.1. The molecule has 0 aliphatic rings. The third kappa shape index (κ3) is 30.6. The van der Waals surface area contributed by atoms with Crippen LogP contribution in [0.4, 0.5) is 0 Å². The van der Waals surface area contributed by atoms with Crippen LogP contribution >= 0.6 is 0 Å². The van der Waals surface area contributed by atoms with E-state index >= 15 is 0 Å². The van der Waals surface area contributed by atoms with E-state index in [2.05, 4.69) is 74.6 Å². The summed E-state index contributed by atoms with van der Waals surface area (Å²) in [5, 5.41) is 9.49. The Balaban J connectivity index is 3.67. The molecule has 5 heteroatoms. The fourth-order valence-electron chi connectivity index (χ4n) is 4.23. The summed E-state index contributed by atoms with van der Waals surface area (Å²) in [6.07, 6.45) is 41.3. The average Bonchev–Trinajstić information content (AvgIpc) is 2.99. The third-order valence-corrected chi connectivity index (χ3v) is 6.80. The molecule has 0 rings (SSSR count). The molecular weight excluding hydrogens is 524 g/mol. The summed E-state index contributed by atoms with van der Waals surface area (Å²) in [5.74, 6) is -0.638. The van der Waals surface area contributed by atoms with Gasteiger partial charge in [0.25, 0.3) is 0 Å². The molecule has 0 heterocycles. The van der Waals surface area contributed by atoms with Crippen molar-refractivity contribution in [1.82, 2.24) is 0 Å². The molecule has 0 aromatic rings. The van der Waals surface area contributed by atoms with E-state index in [-0.39, 0.29) is 25.2 Å². The van der Waals surface area contributed by atoms with Gasteiger partial charge in [0.05, 0.1) is 6.61 Å². The highest BCUT2D eigenvalue weighted by atomic mass is 16.6. The molecule has 0 saturated carbocycles. The zero-order valence-corrected chi connectivity index (χ0v) is 27.0. The average molecular weight is 587 g/mol. The molecule has 0 spiro atoms.